The maximum atomic E-state index is 12.8. The lowest BCUT2D eigenvalue weighted by Crippen LogP contribution is -1.91. The molecule has 0 aromatic heterocycles. The quantitative estimate of drug-likeness (QED) is 0.497. The van der Waals surface area contributed by atoms with Gasteiger partial charge in [-0.1, -0.05) is 19.9 Å². The van der Waals surface area contributed by atoms with Crippen LogP contribution >= 0.6 is 0 Å². The number of rotatable bonds is 0. The monoisotopic (exact) mass is 156 g/mol. The molecule has 0 spiro atoms. The van der Waals surface area contributed by atoms with Crippen LogP contribution in [0.4, 0.5) is 4.39 Å². The minimum Gasteiger partial charge on any atom is -0.207 e. The molecule has 0 aromatic rings. The molecule has 0 saturated carbocycles. The fourth-order valence-corrected chi connectivity index (χ4v) is 1.04. The van der Waals surface area contributed by atoms with Crippen LogP contribution < -0.4 is 0 Å². The van der Waals surface area contributed by atoms with Gasteiger partial charge in [0.15, 0.2) is 0 Å². The van der Waals surface area contributed by atoms with E-state index in [0.29, 0.717) is 0 Å². The van der Waals surface area contributed by atoms with Crippen molar-refractivity contribution in [1.82, 2.24) is 0 Å². The molecule has 0 unspecified atom stereocenters. The van der Waals surface area contributed by atoms with Gasteiger partial charge in [0.2, 0.25) is 0 Å². The fourth-order valence-electron chi connectivity index (χ4n) is 1.04. The molecule has 0 bridgehead atoms. The second-order valence-electron chi connectivity index (χ2n) is 2.52. The molecule has 0 N–H and O–H groups in total. The van der Waals surface area contributed by atoms with Crippen LogP contribution in [0.25, 0.3) is 0 Å². The molecule has 0 atom stereocenters. The molecule has 0 fully saturated rings. The Morgan fingerprint density at radius 2 is 1.82 bits per heavy atom. The predicted octanol–water partition coefficient (Wildman–Crippen LogP) is 4.00. The Balaban J connectivity index is 0.000000461. The summed E-state index contributed by atoms with van der Waals surface area (Å²) < 4.78 is 12.8. The summed E-state index contributed by atoms with van der Waals surface area (Å²) in [6.45, 7) is 7.67. The number of halogens is 1. The van der Waals surface area contributed by atoms with Crippen LogP contribution in [-0.4, -0.2) is 0 Å². The van der Waals surface area contributed by atoms with Gasteiger partial charge in [-0.25, -0.2) is 4.39 Å². The van der Waals surface area contributed by atoms with Gasteiger partial charge in [-0.05, 0) is 37.8 Å². The first kappa shape index (κ1) is 10.4. The Kier molecular flexibility index (Phi) is 4.84. The average Bonchev–Trinajstić information content (AvgIpc) is 2.04. The van der Waals surface area contributed by atoms with E-state index in [1.54, 1.807) is 0 Å². The molecule has 0 saturated heterocycles. The first-order valence-electron chi connectivity index (χ1n) is 4.24. The van der Waals surface area contributed by atoms with Gasteiger partial charge in [0.05, 0.1) is 0 Å². The summed E-state index contributed by atoms with van der Waals surface area (Å²) in [5.74, 6) is 0.00116. The molecule has 1 rings (SSSR count). The lowest BCUT2D eigenvalue weighted by molar-refractivity contribution is 0.619. The van der Waals surface area contributed by atoms with Crippen molar-refractivity contribution in [2.45, 2.75) is 40.5 Å². The van der Waals surface area contributed by atoms with E-state index in [0.717, 1.165) is 24.0 Å². The van der Waals surface area contributed by atoms with E-state index in [9.17, 15) is 4.39 Å². The van der Waals surface area contributed by atoms with Gasteiger partial charge in [0, 0.05) is 0 Å². The van der Waals surface area contributed by atoms with Crippen molar-refractivity contribution < 1.29 is 4.39 Å². The molecule has 0 heterocycles. The van der Waals surface area contributed by atoms with Crippen LogP contribution in [-0.2, 0) is 0 Å². The lowest BCUT2D eigenvalue weighted by atomic mass is 10.0. The van der Waals surface area contributed by atoms with Crippen LogP contribution in [0.5, 0.6) is 0 Å². The smallest absolute Gasteiger partial charge is 0.124 e. The standard InChI is InChI=1S/C8H11F.C2H6/c1-6-4-3-5-7(2)8(6)9;1-2/h4H,3,5H2,1-2H3;1-2H3. The van der Waals surface area contributed by atoms with Crippen molar-refractivity contribution in [2.24, 2.45) is 0 Å². The second kappa shape index (κ2) is 5.11. The van der Waals surface area contributed by atoms with E-state index >= 15 is 0 Å². The second-order valence-corrected chi connectivity index (χ2v) is 2.52. The van der Waals surface area contributed by atoms with E-state index in [-0.39, 0.29) is 5.83 Å². The average molecular weight is 156 g/mol. The zero-order valence-corrected chi connectivity index (χ0v) is 7.87. The maximum absolute atomic E-state index is 12.8. The van der Waals surface area contributed by atoms with E-state index in [1.807, 2.05) is 33.8 Å². The van der Waals surface area contributed by atoms with Crippen molar-refractivity contribution in [3.8, 4) is 0 Å². The SMILES string of the molecule is CC.CC1=CCCC(C)=C1F. The van der Waals surface area contributed by atoms with Crippen LogP contribution in [0.2, 0.25) is 0 Å². The van der Waals surface area contributed by atoms with Crippen molar-refractivity contribution in [3.05, 3.63) is 23.0 Å². The zero-order chi connectivity index (χ0) is 8.85. The molecule has 0 radical (unpaired) electrons. The summed E-state index contributed by atoms with van der Waals surface area (Å²) >= 11 is 0. The third-order valence-corrected chi connectivity index (χ3v) is 1.69. The van der Waals surface area contributed by atoms with Gasteiger partial charge >= 0.3 is 0 Å². The van der Waals surface area contributed by atoms with Gasteiger partial charge in [-0.2, -0.15) is 0 Å². The Morgan fingerprint density at radius 3 is 2.18 bits per heavy atom. The van der Waals surface area contributed by atoms with E-state index in [2.05, 4.69) is 0 Å². The molecule has 64 valence electrons. The van der Waals surface area contributed by atoms with Crippen LogP contribution in [0.1, 0.15) is 40.5 Å². The van der Waals surface area contributed by atoms with Crippen LogP contribution in [0, 0.1) is 0 Å². The predicted molar refractivity (Wildman–Crippen MR) is 48.1 cm³/mol. The molecule has 1 aliphatic carbocycles. The highest BCUT2D eigenvalue weighted by molar-refractivity contribution is 5.30. The molecule has 0 amide bonds. The normalized spacial score (nSPS) is 17.0. The highest BCUT2D eigenvalue weighted by atomic mass is 19.1. The fraction of sp³-hybridized carbons (Fsp3) is 0.600. The highest BCUT2D eigenvalue weighted by Gasteiger charge is 2.07. The Hall–Kier alpha value is -0.590. The minimum absolute atomic E-state index is 0.00116. The van der Waals surface area contributed by atoms with E-state index in [1.165, 1.54) is 0 Å². The maximum Gasteiger partial charge on any atom is 0.124 e. The van der Waals surface area contributed by atoms with Crippen molar-refractivity contribution in [2.75, 3.05) is 0 Å². The first-order chi connectivity index (χ1) is 5.22. The lowest BCUT2D eigenvalue weighted by Gasteiger charge is -2.08. The molecular weight excluding hydrogens is 139 g/mol. The summed E-state index contributed by atoms with van der Waals surface area (Å²) in [6.07, 6.45) is 3.84. The summed E-state index contributed by atoms with van der Waals surface area (Å²) in [6, 6.07) is 0. The molecule has 1 heteroatoms. The Bertz CT molecular complexity index is 175. The summed E-state index contributed by atoms with van der Waals surface area (Å²) in [4.78, 5) is 0. The van der Waals surface area contributed by atoms with Crippen LogP contribution in [0.3, 0.4) is 0 Å². The van der Waals surface area contributed by atoms with Gasteiger partial charge in [-0.3, -0.25) is 0 Å². The highest BCUT2D eigenvalue weighted by Crippen LogP contribution is 2.24. The Labute approximate surface area is 68.8 Å². The van der Waals surface area contributed by atoms with Gasteiger partial charge < -0.3 is 0 Å². The first-order valence-corrected chi connectivity index (χ1v) is 4.24. The van der Waals surface area contributed by atoms with Gasteiger partial charge in [-0.15, -0.1) is 0 Å². The van der Waals surface area contributed by atoms with E-state index in [4.69, 9.17) is 0 Å². The number of hydrogen-bond donors (Lipinski definition) is 0. The third-order valence-electron chi connectivity index (χ3n) is 1.69. The summed E-state index contributed by atoms with van der Waals surface area (Å²) in [5.41, 5.74) is 1.70. The molecule has 0 aliphatic heterocycles. The molecule has 1 aliphatic rings. The molecule has 0 nitrogen and oxygen atoms in total. The molecular formula is C10H17F. The number of hydrogen-bond acceptors (Lipinski definition) is 0. The number of allylic oxidation sites excluding steroid dienone is 4. The summed E-state index contributed by atoms with van der Waals surface area (Å²) in [5, 5.41) is 0. The largest absolute Gasteiger partial charge is 0.207 e. The molecule has 11 heavy (non-hydrogen) atoms. The summed E-state index contributed by atoms with van der Waals surface area (Å²) in [7, 11) is 0. The van der Waals surface area contributed by atoms with Gasteiger partial charge in [0.25, 0.3) is 0 Å². The van der Waals surface area contributed by atoms with Gasteiger partial charge in [0.1, 0.15) is 5.83 Å². The van der Waals surface area contributed by atoms with E-state index < -0.39 is 0 Å². The third kappa shape index (κ3) is 2.87. The Morgan fingerprint density at radius 1 is 1.27 bits per heavy atom. The van der Waals surface area contributed by atoms with Crippen LogP contribution in [0.15, 0.2) is 23.0 Å². The zero-order valence-electron chi connectivity index (χ0n) is 7.87. The van der Waals surface area contributed by atoms with Crippen molar-refractivity contribution in [1.29, 1.82) is 0 Å². The molecule has 0 aromatic carbocycles. The van der Waals surface area contributed by atoms with Crippen molar-refractivity contribution >= 4 is 0 Å². The van der Waals surface area contributed by atoms with Crippen molar-refractivity contribution in [3.63, 3.8) is 0 Å². The topological polar surface area (TPSA) is 0 Å². The minimum atomic E-state index is 0.00116.